The van der Waals surface area contributed by atoms with Crippen LogP contribution in [0.3, 0.4) is 0 Å². The zero-order valence-electron chi connectivity index (χ0n) is 11.0. The Bertz CT molecular complexity index is 652. The van der Waals surface area contributed by atoms with Crippen molar-refractivity contribution >= 4 is 23.2 Å². The number of carbonyl (C=O) groups is 1. The van der Waals surface area contributed by atoms with Gasteiger partial charge in [0.15, 0.2) is 0 Å². The summed E-state index contributed by atoms with van der Waals surface area (Å²) in [5.41, 5.74) is 2.93. The van der Waals surface area contributed by atoms with Gasteiger partial charge in [0.2, 0.25) is 5.91 Å². The SMILES string of the molecule is COc1ccc(CC2C(=O)Nc3ccc(Cl)cc32)cc1. The van der Waals surface area contributed by atoms with Gasteiger partial charge in [0.25, 0.3) is 0 Å². The zero-order valence-corrected chi connectivity index (χ0v) is 11.8. The van der Waals surface area contributed by atoms with Gasteiger partial charge in [-0.2, -0.15) is 0 Å². The maximum atomic E-state index is 12.1. The lowest BCUT2D eigenvalue weighted by Gasteiger charge is -2.09. The zero-order chi connectivity index (χ0) is 14.1. The Balaban J connectivity index is 1.87. The first-order valence-electron chi connectivity index (χ1n) is 6.40. The van der Waals surface area contributed by atoms with Crippen LogP contribution in [0, 0.1) is 0 Å². The van der Waals surface area contributed by atoms with Crippen LogP contribution in [0.2, 0.25) is 5.02 Å². The largest absolute Gasteiger partial charge is 0.497 e. The molecule has 0 aliphatic carbocycles. The molecule has 0 bridgehead atoms. The number of rotatable bonds is 3. The Morgan fingerprint density at radius 1 is 1.20 bits per heavy atom. The predicted octanol–water partition coefficient (Wildman–Crippen LogP) is 3.63. The number of amides is 1. The van der Waals surface area contributed by atoms with Gasteiger partial charge in [-0.25, -0.2) is 0 Å². The van der Waals surface area contributed by atoms with Crippen molar-refractivity contribution in [3.05, 3.63) is 58.6 Å². The lowest BCUT2D eigenvalue weighted by atomic mass is 9.93. The van der Waals surface area contributed by atoms with Gasteiger partial charge in [0, 0.05) is 10.7 Å². The Morgan fingerprint density at radius 3 is 2.65 bits per heavy atom. The number of hydrogen-bond donors (Lipinski definition) is 1. The molecule has 1 aliphatic heterocycles. The Hall–Kier alpha value is -2.00. The molecular formula is C16H14ClNO2. The third-order valence-corrected chi connectivity index (χ3v) is 3.80. The van der Waals surface area contributed by atoms with Gasteiger partial charge in [0.1, 0.15) is 5.75 Å². The van der Waals surface area contributed by atoms with E-state index in [9.17, 15) is 4.79 Å². The van der Waals surface area contributed by atoms with Crippen LogP contribution in [0.25, 0.3) is 0 Å². The average molecular weight is 288 g/mol. The van der Waals surface area contributed by atoms with Crippen LogP contribution < -0.4 is 10.1 Å². The first-order chi connectivity index (χ1) is 9.67. The second-order valence-corrected chi connectivity index (χ2v) is 5.26. The van der Waals surface area contributed by atoms with Crippen LogP contribution in [0.5, 0.6) is 5.75 Å². The van der Waals surface area contributed by atoms with E-state index in [4.69, 9.17) is 16.3 Å². The van der Waals surface area contributed by atoms with Crippen molar-refractivity contribution in [2.75, 3.05) is 12.4 Å². The number of ether oxygens (including phenoxy) is 1. The van der Waals surface area contributed by atoms with Crippen molar-refractivity contribution in [2.45, 2.75) is 12.3 Å². The monoisotopic (exact) mass is 287 g/mol. The second kappa shape index (κ2) is 5.17. The quantitative estimate of drug-likeness (QED) is 0.936. The standard InChI is InChI=1S/C16H14ClNO2/c1-20-12-5-2-10(3-6-12)8-14-13-9-11(17)4-7-15(13)18-16(14)19/h2-7,9,14H,8H2,1H3,(H,18,19). The van der Waals surface area contributed by atoms with Crippen LogP contribution in [0.15, 0.2) is 42.5 Å². The van der Waals surface area contributed by atoms with Crippen molar-refractivity contribution in [3.63, 3.8) is 0 Å². The molecule has 1 heterocycles. The fourth-order valence-corrected chi connectivity index (χ4v) is 2.68. The van der Waals surface area contributed by atoms with E-state index < -0.39 is 0 Å². The summed E-state index contributed by atoms with van der Waals surface area (Å²) in [6, 6.07) is 13.3. The first-order valence-corrected chi connectivity index (χ1v) is 6.78. The molecular weight excluding hydrogens is 274 g/mol. The summed E-state index contributed by atoms with van der Waals surface area (Å²) >= 11 is 6.02. The van der Waals surface area contributed by atoms with Crippen LogP contribution in [-0.4, -0.2) is 13.0 Å². The summed E-state index contributed by atoms with van der Waals surface area (Å²) in [4.78, 5) is 12.1. The molecule has 0 fully saturated rings. The summed E-state index contributed by atoms with van der Waals surface area (Å²) in [7, 11) is 1.64. The van der Waals surface area contributed by atoms with Crippen LogP contribution in [-0.2, 0) is 11.2 Å². The molecule has 0 radical (unpaired) electrons. The molecule has 4 heteroatoms. The molecule has 1 N–H and O–H groups in total. The molecule has 0 saturated heterocycles. The van der Waals surface area contributed by atoms with E-state index >= 15 is 0 Å². The Labute approximate surface area is 122 Å². The molecule has 1 atom stereocenters. The molecule has 1 aliphatic rings. The van der Waals surface area contributed by atoms with Gasteiger partial charge < -0.3 is 10.1 Å². The first kappa shape index (κ1) is 13.0. The summed E-state index contributed by atoms with van der Waals surface area (Å²) in [5, 5.41) is 3.55. The number of hydrogen-bond acceptors (Lipinski definition) is 2. The molecule has 1 amide bonds. The normalized spacial score (nSPS) is 16.7. The number of methoxy groups -OCH3 is 1. The number of halogens is 1. The number of anilines is 1. The fourth-order valence-electron chi connectivity index (χ4n) is 2.50. The summed E-state index contributed by atoms with van der Waals surface area (Å²) in [6.45, 7) is 0. The molecule has 0 aromatic heterocycles. The van der Waals surface area contributed by atoms with Crippen LogP contribution >= 0.6 is 11.6 Å². The minimum Gasteiger partial charge on any atom is -0.497 e. The highest BCUT2D eigenvalue weighted by Gasteiger charge is 2.30. The lowest BCUT2D eigenvalue weighted by Crippen LogP contribution is -2.14. The highest BCUT2D eigenvalue weighted by atomic mass is 35.5. The van der Waals surface area contributed by atoms with Crippen molar-refractivity contribution in [1.82, 2.24) is 0 Å². The van der Waals surface area contributed by atoms with E-state index in [0.717, 1.165) is 22.6 Å². The number of benzene rings is 2. The Kier molecular flexibility index (Phi) is 3.36. The topological polar surface area (TPSA) is 38.3 Å². The Morgan fingerprint density at radius 2 is 1.95 bits per heavy atom. The van der Waals surface area contributed by atoms with Crippen molar-refractivity contribution in [3.8, 4) is 5.75 Å². The van der Waals surface area contributed by atoms with Gasteiger partial charge in [-0.05, 0) is 47.9 Å². The molecule has 20 heavy (non-hydrogen) atoms. The minimum atomic E-state index is -0.183. The van der Waals surface area contributed by atoms with Gasteiger partial charge in [-0.3, -0.25) is 4.79 Å². The van der Waals surface area contributed by atoms with E-state index in [-0.39, 0.29) is 11.8 Å². The van der Waals surface area contributed by atoms with E-state index in [0.29, 0.717) is 11.4 Å². The molecule has 2 aromatic carbocycles. The van der Waals surface area contributed by atoms with E-state index in [2.05, 4.69) is 5.32 Å². The molecule has 102 valence electrons. The molecule has 3 rings (SSSR count). The maximum absolute atomic E-state index is 12.1. The third-order valence-electron chi connectivity index (χ3n) is 3.56. The van der Waals surface area contributed by atoms with Crippen molar-refractivity contribution in [1.29, 1.82) is 0 Å². The number of fused-ring (bicyclic) bond motifs is 1. The highest BCUT2D eigenvalue weighted by molar-refractivity contribution is 6.31. The van der Waals surface area contributed by atoms with Gasteiger partial charge >= 0.3 is 0 Å². The fraction of sp³-hybridized carbons (Fsp3) is 0.188. The molecule has 2 aromatic rings. The minimum absolute atomic E-state index is 0.0260. The number of nitrogens with one attached hydrogen (secondary N) is 1. The van der Waals surface area contributed by atoms with Crippen molar-refractivity contribution < 1.29 is 9.53 Å². The van der Waals surface area contributed by atoms with E-state index in [1.54, 1.807) is 13.2 Å². The molecule has 0 saturated carbocycles. The van der Waals surface area contributed by atoms with Gasteiger partial charge in [-0.15, -0.1) is 0 Å². The molecule has 3 nitrogen and oxygen atoms in total. The third kappa shape index (κ3) is 2.37. The lowest BCUT2D eigenvalue weighted by molar-refractivity contribution is -0.117. The van der Waals surface area contributed by atoms with Crippen LogP contribution in [0.1, 0.15) is 17.0 Å². The molecule has 1 unspecified atom stereocenters. The smallest absolute Gasteiger partial charge is 0.232 e. The summed E-state index contributed by atoms with van der Waals surface area (Å²) in [6.07, 6.45) is 0.656. The van der Waals surface area contributed by atoms with E-state index in [1.165, 1.54) is 0 Å². The second-order valence-electron chi connectivity index (χ2n) is 4.83. The van der Waals surface area contributed by atoms with E-state index in [1.807, 2.05) is 36.4 Å². The number of carbonyl (C=O) groups excluding carboxylic acids is 1. The summed E-state index contributed by atoms with van der Waals surface area (Å²) < 4.78 is 5.14. The van der Waals surface area contributed by atoms with Crippen LogP contribution in [0.4, 0.5) is 5.69 Å². The highest BCUT2D eigenvalue weighted by Crippen LogP contribution is 2.36. The average Bonchev–Trinajstić information content (AvgIpc) is 2.76. The maximum Gasteiger partial charge on any atom is 0.232 e. The predicted molar refractivity (Wildman–Crippen MR) is 79.5 cm³/mol. The molecule has 0 spiro atoms. The van der Waals surface area contributed by atoms with Crippen molar-refractivity contribution in [2.24, 2.45) is 0 Å². The summed E-state index contributed by atoms with van der Waals surface area (Å²) in [5.74, 6) is 0.656. The van der Waals surface area contributed by atoms with Gasteiger partial charge in [0.05, 0.1) is 13.0 Å². The van der Waals surface area contributed by atoms with Gasteiger partial charge in [-0.1, -0.05) is 23.7 Å².